The number of ether oxygens (including phenoxy) is 1. The highest BCUT2D eigenvalue weighted by molar-refractivity contribution is 5.98. The van der Waals surface area contributed by atoms with Crippen LogP contribution in [0.2, 0.25) is 0 Å². The summed E-state index contributed by atoms with van der Waals surface area (Å²) in [5.41, 5.74) is 6.30. The molecule has 1 saturated heterocycles. The van der Waals surface area contributed by atoms with Crippen molar-refractivity contribution < 1.29 is 13.9 Å². The van der Waals surface area contributed by atoms with Gasteiger partial charge in [0.05, 0.1) is 5.52 Å². The van der Waals surface area contributed by atoms with E-state index < -0.39 is 11.9 Å². The van der Waals surface area contributed by atoms with Crippen LogP contribution in [0.1, 0.15) is 11.2 Å². The zero-order valence-electron chi connectivity index (χ0n) is 12.8. The second-order valence-electron chi connectivity index (χ2n) is 5.87. The maximum absolute atomic E-state index is 13.4. The van der Waals surface area contributed by atoms with Crippen LogP contribution in [0.3, 0.4) is 0 Å². The average molecular weight is 329 g/mol. The molecule has 0 unspecified atom stereocenters. The Balaban J connectivity index is 1.65. The summed E-state index contributed by atoms with van der Waals surface area (Å²) in [6, 6.07) is 5.90. The van der Waals surface area contributed by atoms with Crippen molar-refractivity contribution in [2.75, 3.05) is 12.3 Å². The van der Waals surface area contributed by atoms with Crippen LogP contribution in [0.5, 0.6) is 0 Å². The summed E-state index contributed by atoms with van der Waals surface area (Å²) in [5, 5.41) is 8.68. The molecule has 8 heteroatoms. The second-order valence-corrected chi connectivity index (χ2v) is 5.87. The van der Waals surface area contributed by atoms with Crippen molar-refractivity contribution in [2.24, 2.45) is 5.92 Å². The number of rotatable bonds is 3. The molecule has 0 amide bonds. The quantitative estimate of drug-likeness (QED) is 0.790. The lowest BCUT2D eigenvalue weighted by molar-refractivity contribution is 0.0449. The lowest BCUT2D eigenvalue weighted by Gasteiger charge is -2.17. The Morgan fingerprint density at radius 2 is 2.33 bits per heavy atom. The van der Waals surface area contributed by atoms with Crippen molar-refractivity contribution in [2.45, 2.75) is 19.1 Å². The van der Waals surface area contributed by atoms with Gasteiger partial charge in [-0.05, 0) is 30.7 Å². The largest absolute Gasteiger partial charge is 0.382 e. The van der Waals surface area contributed by atoms with Gasteiger partial charge in [-0.25, -0.2) is 4.39 Å². The molecule has 2 aromatic heterocycles. The van der Waals surface area contributed by atoms with Gasteiger partial charge in [0.25, 0.3) is 5.91 Å². The van der Waals surface area contributed by atoms with Gasteiger partial charge in [-0.2, -0.15) is 9.78 Å². The summed E-state index contributed by atoms with van der Waals surface area (Å²) in [7, 11) is 0. The number of nitrogens with two attached hydrogens (primary N) is 1. The lowest BCUT2D eigenvalue weighted by atomic mass is 10.0. The zero-order valence-corrected chi connectivity index (χ0v) is 12.8. The summed E-state index contributed by atoms with van der Waals surface area (Å²) in [5.74, 6) is -0.592. The first-order valence-corrected chi connectivity index (χ1v) is 7.70. The van der Waals surface area contributed by atoms with E-state index in [4.69, 9.17) is 10.5 Å². The molecule has 0 bridgehead atoms. The van der Waals surface area contributed by atoms with Crippen LogP contribution in [-0.2, 0) is 11.3 Å². The van der Waals surface area contributed by atoms with Gasteiger partial charge < -0.3 is 10.5 Å². The lowest BCUT2D eigenvalue weighted by Crippen LogP contribution is -2.34. The van der Waals surface area contributed by atoms with Crippen LogP contribution in [-0.4, -0.2) is 38.2 Å². The smallest absolute Gasteiger partial charge is 0.276 e. The van der Waals surface area contributed by atoms with Crippen LogP contribution < -0.4 is 5.73 Å². The first-order valence-electron chi connectivity index (χ1n) is 7.70. The van der Waals surface area contributed by atoms with Crippen molar-refractivity contribution in [1.29, 1.82) is 0 Å². The SMILES string of the molecule is Nc1nn(C(=O)[C@@H]2OCC[C@@H]2Cn2cccn2)c2ccc(F)cc12. The van der Waals surface area contributed by atoms with Gasteiger partial charge in [0, 0.05) is 36.8 Å². The molecule has 1 aromatic carbocycles. The van der Waals surface area contributed by atoms with Crippen LogP contribution in [0.15, 0.2) is 36.7 Å². The summed E-state index contributed by atoms with van der Waals surface area (Å²) in [6.07, 6.45) is 3.69. The topological polar surface area (TPSA) is 88.0 Å². The van der Waals surface area contributed by atoms with Gasteiger partial charge in [0.1, 0.15) is 11.9 Å². The monoisotopic (exact) mass is 329 g/mol. The van der Waals surface area contributed by atoms with Gasteiger partial charge in [-0.15, -0.1) is 5.10 Å². The molecule has 0 aliphatic carbocycles. The van der Waals surface area contributed by atoms with Crippen molar-refractivity contribution in [3.05, 3.63) is 42.5 Å². The molecule has 0 spiro atoms. The first kappa shape index (κ1) is 14.8. The van der Waals surface area contributed by atoms with Crippen molar-refractivity contribution in [3.63, 3.8) is 0 Å². The van der Waals surface area contributed by atoms with Crippen LogP contribution >= 0.6 is 0 Å². The Morgan fingerprint density at radius 3 is 3.12 bits per heavy atom. The third-order valence-corrected chi connectivity index (χ3v) is 4.32. The molecule has 4 rings (SSSR count). The number of hydrogen-bond donors (Lipinski definition) is 1. The fraction of sp³-hybridized carbons (Fsp3) is 0.312. The van der Waals surface area contributed by atoms with Gasteiger partial charge in [0.15, 0.2) is 5.82 Å². The standard InChI is InChI=1S/C16H16FN5O2/c17-11-2-3-13-12(8-11)15(18)20-22(13)16(23)14-10(4-7-24-14)9-21-6-1-5-19-21/h1-3,5-6,8,10,14H,4,7,9H2,(H2,18,20)/t10-,14-/m1/s1. The summed E-state index contributed by atoms with van der Waals surface area (Å²) >= 11 is 0. The summed E-state index contributed by atoms with van der Waals surface area (Å²) in [4.78, 5) is 12.9. The average Bonchev–Trinajstić information content (AvgIpc) is 3.29. The number of carbonyl (C=O) groups excluding carboxylic acids is 1. The predicted octanol–water partition coefficient (Wildman–Crippen LogP) is 1.70. The molecule has 3 heterocycles. The van der Waals surface area contributed by atoms with Gasteiger partial charge >= 0.3 is 0 Å². The van der Waals surface area contributed by atoms with Crippen molar-refractivity contribution in [3.8, 4) is 0 Å². The highest BCUT2D eigenvalue weighted by Crippen LogP contribution is 2.27. The number of nitrogen functional groups attached to an aromatic ring is 1. The number of fused-ring (bicyclic) bond motifs is 1. The van der Waals surface area contributed by atoms with E-state index in [2.05, 4.69) is 10.2 Å². The maximum atomic E-state index is 13.4. The number of hydrogen-bond acceptors (Lipinski definition) is 5. The fourth-order valence-corrected chi connectivity index (χ4v) is 3.14. The number of aromatic nitrogens is 4. The Morgan fingerprint density at radius 1 is 1.46 bits per heavy atom. The van der Waals surface area contributed by atoms with Gasteiger partial charge in [0.2, 0.25) is 0 Å². The van der Waals surface area contributed by atoms with Crippen LogP contribution in [0.4, 0.5) is 10.2 Å². The molecule has 2 N–H and O–H groups in total. The van der Waals surface area contributed by atoms with Gasteiger partial charge in [-0.3, -0.25) is 9.48 Å². The summed E-state index contributed by atoms with van der Waals surface area (Å²) in [6.45, 7) is 1.10. The minimum atomic E-state index is -0.623. The molecular formula is C16H16FN5O2. The molecule has 1 aliphatic rings. The molecule has 1 fully saturated rings. The minimum absolute atomic E-state index is 0.00155. The van der Waals surface area contributed by atoms with E-state index in [0.29, 0.717) is 24.1 Å². The Labute approximate surface area is 136 Å². The van der Waals surface area contributed by atoms with Crippen molar-refractivity contribution in [1.82, 2.24) is 19.6 Å². The molecule has 0 saturated carbocycles. The maximum Gasteiger partial charge on any atom is 0.276 e. The number of halogens is 1. The van der Waals surface area contributed by atoms with E-state index in [-0.39, 0.29) is 17.6 Å². The van der Waals surface area contributed by atoms with E-state index in [0.717, 1.165) is 6.42 Å². The molecular weight excluding hydrogens is 313 g/mol. The number of nitrogens with zero attached hydrogens (tertiary/aromatic N) is 4. The minimum Gasteiger partial charge on any atom is -0.382 e. The fourth-order valence-electron chi connectivity index (χ4n) is 3.14. The Kier molecular flexibility index (Phi) is 3.53. The van der Waals surface area contributed by atoms with E-state index in [1.54, 1.807) is 10.9 Å². The molecule has 3 aromatic rings. The predicted molar refractivity (Wildman–Crippen MR) is 84.8 cm³/mol. The van der Waals surface area contributed by atoms with E-state index >= 15 is 0 Å². The summed E-state index contributed by atoms with van der Waals surface area (Å²) < 4.78 is 22.0. The molecule has 124 valence electrons. The van der Waals surface area contributed by atoms with Crippen LogP contribution in [0, 0.1) is 11.7 Å². The van der Waals surface area contributed by atoms with Crippen molar-refractivity contribution >= 4 is 22.6 Å². The molecule has 0 radical (unpaired) electrons. The number of carbonyl (C=O) groups is 1. The number of benzene rings is 1. The highest BCUT2D eigenvalue weighted by Gasteiger charge is 2.36. The van der Waals surface area contributed by atoms with Gasteiger partial charge in [-0.1, -0.05) is 0 Å². The Bertz CT molecular complexity index is 889. The number of anilines is 1. The van der Waals surface area contributed by atoms with E-state index in [1.807, 2.05) is 12.3 Å². The van der Waals surface area contributed by atoms with E-state index in [9.17, 15) is 9.18 Å². The molecule has 24 heavy (non-hydrogen) atoms. The second kappa shape index (κ2) is 5.72. The molecule has 1 aliphatic heterocycles. The molecule has 7 nitrogen and oxygen atoms in total. The molecule has 2 atom stereocenters. The zero-order chi connectivity index (χ0) is 16.7. The van der Waals surface area contributed by atoms with E-state index in [1.165, 1.54) is 22.9 Å². The Hall–Kier alpha value is -2.74. The normalized spacial score (nSPS) is 20.7. The van der Waals surface area contributed by atoms with Crippen LogP contribution in [0.25, 0.3) is 10.9 Å². The first-order chi connectivity index (χ1) is 11.6. The highest BCUT2D eigenvalue weighted by atomic mass is 19.1. The third kappa shape index (κ3) is 2.44. The third-order valence-electron chi connectivity index (χ3n) is 4.32.